The molecule has 0 heterocycles. The fraction of sp³-hybridized carbons (Fsp3) is 0.125. The predicted molar refractivity (Wildman–Crippen MR) is 79.7 cm³/mol. The first-order chi connectivity index (χ1) is 9.69. The number of anilines is 1. The monoisotopic (exact) mass is 268 g/mol. The van der Waals surface area contributed by atoms with Crippen LogP contribution >= 0.6 is 0 Å². The van der Waals surface area contributed by atoms with E-state index < -0.39 is 0 Å². The summed E-state index contributed by atoms with van der Waals surface area (Å²) in [6.45, 7) is 0. The van der Waals surface area contributed by atoms with E-state index in [4.69, 9.17) is 0 Å². The van der Waals surface area contributed by atoms with Crippen LogP contribution in [0.4, 0.5) is 11.4 Å². The smallest absolute Gasteiger partial charge is 0.0938 e. The summed E-state index contributed by atoms with van der Waals surface area (Å²) in [6.07, 6.45) is 4.04. The predicted octanol–water partition coefficient (Wildman–Crippen LogP) is 3.44. The van der Waals surface area contributed by atoms with Gasteiger partial charge in [0.2, 0.25) is 0 Å². The molecule has 2 aromatic carbocycles. The fourth-order valence-electron chi connectivity index (χ4n) is 1.77. The Bertz CT molecular complexity index is 560. The molecule has 0 aliphatic heterocycles. The van der Waals surface area contributed by atoms with Crippen LogP contribution < -0.4 is 10.4 Å². The van der Waals surface area contributed by atoms with Gasteiger partial charge in [-0.25, -0.2) is 0 Å². The van der Waals surface area contributed by atoms with Crippen molar-refractivity contribution in [3.8, 4) is 0 Å². The van der Waals surface area contributed by atoms with Gasteiger partial charge in [-0.05, 0) is 40.6 Å². The molecule has 2 aromatic rings. The molecule has 0 fully saturated rings. The van der Waals surface area contributed by atoms with Gasteiger partial charge in [0.15, 0.2) is 0 Å². The SMILES string of the molecule is CN(C)c1ccc(/C=C/c2ccc([N]O[O])cc2)cc1. The first kappa shape index (κ1) is 14.1. The molecular weight excluding hydrogens is 252 g/mol. The van der Waals surface area contributed by atoms with Crippen molar-refractivity contribution in [3.05, 3.63) is 59.7 Å². The molecule has 0 aromatic heterocycles. The third kappa shape index (κ3) is 3.85. The minimum Gasteiger partial charge on any atom is -0.378 e. The molecule has 0 amide bonds. The average molecular weight is 268 g/mol. The molecule has 0 saturated heterocycles. The van der Waals surface area contributed by atoms with Crippen molar-refractivity contribution in [2.24, 2.45) is 0 Å². The van der Waals surface area contributed by atoms with Gasteiger partial charge in [-0.3, -0.25) is 0 Å². The molecule has 0 spiro atoms. The summed E-state index contributed by atoms with van der Waals surface area (Å²) < 4.78 is 0. The van der Waals surface area contributed by atoms with E-state index in [1.54, 1.807) is 12.1 Å². The van der Waals surface area contributed by atoms with Crippen LogP contribution in [0.15, 0.2) is 48.5 Å². The highest BCUT2D eigenvalue weighted by Crippen LogP contribution is 2.15. The molecule has 0 bridgehead atoms. The Morgan fingerprint density at radius 1 is 0.900 bits per heavy atom. The zero-order chi connectivity index (χ0) is 14.4. The topological polar surface area (TPSA) is 46.5 Å². The van der Waals surface area contributed by atoms with Gasteiger partial charge in [0.1, 0.15) is 0 Å². The van der Waals surface area contributed by atoms with Gasteiger partial charge >= 0.3 is 0 Å². The maximum absolute atomic E-state index is 9.89. The van der Waals surface area contributed by atoms with E-state index in [0.29, 0.717) is 5.69 Å². The second kappa shape index (κ2) is 6.75. The Balaban J connectivity index is 2.04. The minimum atomic E-state index is 0.507. The Hall–Kier alpha value is -2.30. The van der Waals surface area contributed by atoms with Gasteiger partial charge in [0.05, 0.1) is 5.69 Å². The average Bonchev–Trinajstić information content (AvgIpc) is 2.47. The summed E-state index contributed by atoms with van der Waals surface area (Å²) in [7, 11) is 4.03. The number of benzene rings is 2. The molecule has 0 atom stereocenters. The Morgan fingerprint density at radius 2 is 1.40 bits per heavy atom. The highest BCUT2D eigenvalue weighted by Gasteiger charge is 1.95. The quantitative estimate of drug-likeness (QED) is 0.474. The van der Waals surface area contributed by atoms with Crippen LogP contribution in [0.25, 0.3) is 12.2 Å². The zero-order valence-electron chi connectivity index (χ0n) is 11.5. The van der Waals surface area contributed by atoms with Crippen molar-refractivity contribution in [2.45, 2.75) is 0 Å². The van der Waals surface area contributed by atoms with E-state index in [-0.39, 0.29) is 0 Å². The molecule has 0 N–H and O–H groups in total. The molecular formula is C16H16N2O2. The zero-order valence-corrected chi connectivity index (χ0v) is 11.5. The van der Waals surface area contributed by atoms with E-state index >= 15 is 0 Å². The van der Waals surface area contributed by atoms with Gasteiger partial charge in [-0.2, -0.15) is 0 Å². The van der Waals surface area contributed by atoms with Crippen LogP contribution in [0.3, 0.4) is 0 Å². The summed E-state index contributed by atoms with van der Waals surface area (Å²) in [6, 6.07) is 15.5. The third-order valence-corrected chi connectivity index (χ3v) is 2.91. The molecule has 4 heteroatoms. The summed E-state index contributed by atoms with van der Waals surface area (Å²) in [4.78, 5) is 5.54. The first-order valence-electron chi connectivity index (χ1n) is 6.24. The lowest BCUT2D eigenvalue weighted by molar-refractivity contribution is -0.339. The van der Waals surface area contributed by atoms with Crippen molar-refractivity contribution in [2.75, 3.05) is 19.0 Å². The Labute approximate surface area is 118 Å². The van der Waals surface area contributed by atoms with Gasteiger partial charge < -0.3 is 4.90 Å². The second-order valence-electron chi connectivity index (χ2n) is 4.58. The van der Waals surface area contributed by atoms with Crippen LogP contribution in [0.1, 0.15) is 11.1 Å². The maximum atomic E-state index is 9.89. The van der Waals surface area contributed by atoms with Gasteiger partial charge in [-0.1, -0.05) is 46.9 Å². The number of nitrogens with zero attached hydrogens (tertiary/aromatic N) is 2. The summed E-state index contributed by atoms with van der Waals surface area (Å²) in [5.41, 5.74) is 7.15. The van der Waals surface area contributed by atoms with Crippen LogP contribution in [0.2, 0.25) is 0 Å². The number of hydrogen-bond acceptors (Lipinski definition) is 2. The highest BCUT2D eigenvalue weighted by atomic mass is 17.2. The fourth-order valence-corrected chi connectivity index (χ4v) is 1.77. The second-order valence-corrected chi connectivity index (χ2v) is 4.58. The molecule has 0 aliphatic carbocycles. The standard InChI is InChI=1S/C16H16N2O2/c1-18(2)16-11-7-14(8-12-16)4-3-13-5-9-15(10-6-13)17-20-19/h3-12H,1-2H3/b4-3+. The third-order valence-electron chi connectivity index (χ3n) is 2.91. The van der Waals surface area contributed by atoms with Crippen LogP contribution in [-0.4, -0.2) is 14.1 Å². The molecule has 102 valence electrons. The maximum Gasteiger partial charge on any atom is 0.0938 e. The van der Waals surface area contributed by atoms with E-state index in [9.17, 15) is 5.26 Å². The van der Waals surface area contributed by atoms with Crippen LogP contribution in [-0.2, 0) is 10.2 Å². The van der Waals surface area contributed by atoms with Crippen molar-refractivity contribution in [1.82, 2.24) is 5.48 Å². The van der Waals surface area contributed by atoms with Gasteiger partial charge in [0.25, 0.3) is 0 Å². The number of rotatable bonds is 5. The van der Waals surface area contributed by atoms with Crippen LogP contribution in [0, 0.1) is 0 Å². The Morgan fingerprint density at radius 3 is 1.85 bits per heavy atom. The van der Waals surface area contributed by atoms with E-state index in [1.807, 2.05) is 38.4 Å². The molecule has 4 nitrogen and oxygen atoms in total. The van der Waals surface area contributed by atoms with Crippen molar-refractivity contribution >= 4 is 23.5 Å². The van der Waals surface area contributed by atoms with Crippen molar-refractivity contribution in [1.29, 1.82) is 0 Å². The summed E-state index contributed by atoms with van der Waals surface area (Å²) in [5.74, 6) is 0. The molecule has 0 saturated carbocycles. The summed E-state index contributed by atoms with van der Waals surface area (Å²) in [5, 5.41) is 9.89. The molecule has 20 heavy (non-hydrogen) atoms. The van der Waals surface area contributed by atoms with E-state index in [2.05, 4.69) is 39.6 Å². The molecule has 2 radical (unpaired) electrons. The first-order valence-corrected chi connectivity index (χ1v) is 6.24. The molecule has 0 aliphatic rings. The lowest BCUT2D eigenvalue weighted by atomic mass is 10.1. The molecule has 0 unspecified atom stereocenters. The normalized spacial score (nSPS) is 10.8. The van der Waals surface area contributed by atoms with Crippen molar-refractivity contribution < 1.29 is 10.2 Å². The Kier molecular flexibility index (Phi) is 4.76. The van der Waals surface area contributed by atoms with Gasteiger partial charge in [-0.15, -0.1) is 0 Å². The minimum absolute atomic E-state index is 0.507. The van der Waals surface area contributed by atoms with Crippen molar-refractivity contribution in [3.63, 3.8) is 0 Å². The summed E-state index contributed by atoms with van der Waals surface area (Å²) >= 11 is 0. The largest absolute Gasteiger partial charge is 0.378 e. The highest BCUT2D eigenvalue weighted by molar-refractivity contribution is 5.71. The van der Waals surface area contributed by atoms with E-state index in [0.717, 1.165) is 11.1 Å². The lowest BCUT2D eigenvalue weighted by Gasteiger charge is -2.11. The van der Waals surface area contributed by atoms with Gasteiger partial charge in [0, 0.05) is 19.8 Å². The number of hydrogen-bond donors (Lipinski definition) is 0. The molecule has 2 rings (SSSR count). The van der Waals surface area contributed by atoms with Crippen LogP contribution in [0.5, 0.6) is 0 Å². The van der Waals surface area contributed by atoms with E-state index in [1.165, 1.54) is 5.69 Å². The lowest BCUT2D eigenvalue weighted by Crippen LogP contribution is -2.07.